The molecule has 1 aliphatic rings. The van der Waals surface area contributed by atoms with Gasteiger partial charge in [0, 0.05) is 36.9 Å². The van der Waals surface area contributed by atoms with Gasteiger partial charge in [-0.1, -0.05) is 6.07 Å². The van der Waals surface area contributed by atoms with Crippen molar-refractivity contribution in [1.82, 2.24) is 9.97 Å². The molecule has 0 saturated heterocycles. The Hall–Kier alpha value is -3.21. The van der Waals surface area contributed by atoms with Gasteiger partial charge in [0.25, 0.3) is 0 Å². The molecule has 7 nitrogen and oxygen atoms in total. The van der Waals surface area contributed by atoms with Crippen molar-refractivity contribution in [2.24, 2.45) is 5.73 Å². The molecule has 1 fully saturated rings. The summed E-state index contributed by atoms with van der Waals surface area (Å²) in [6.45, 7) is 1.77. The first-order chi connectivity index (χ1) is 15.3. The van der Waals surface area contributed by atoms with Gasteiger partial charge in [-0.2, -0.15) is 13.2 Å². The number of carbonyl (C=O) groups is 1. The fraction of sp³-hybridized carbons (Fsp3) is 0.318. The maximum absolute atomic E-state index is 13.7. The van der Waals surface area contributed by atoms with Crippen molar-refractivity contribution in [1.29, 1.82) is 0 Å². The van der Waals surface area contributed by atoms with E-state index in [1.165, 1.54) is 17.0 Å². The number of benzene rings is 1. The third-order valence-electron chi connectivity index (χ3n) is 5.95. The summed E-state index contributed by atoms with van der Waals surface area (Å²) in [4.78, 5) is 22.2. The maximum atomic E-state index is 13.7. The Labute approximate surface area is 188 Å². The van der Waals surface area contributed by atoms with Gasteiger partial charge >= 0.3 is 6.18 Å². The van der Waals surface area contributed by atoms with Crippen molar-refractivity contribution in [2.45, 2.75) is 35.1 Å². The number of fused-ring (bicyclic) bond motifs is 1. The van der Waals surface area contributed by atoms with Crippen LogP contribution in [0.2, 0.25) is 0 Å². The predicted octanol–water partition coefficient (Wildman–Crippen LogP) is 2.99. The van der Waals surface area contributed by atoms with Gasteiger partial charge in [0.1, 0.15) is 5.82 Å². The number of sulfone groups is 1. The molecule has 3 aromatic rings. The molecular weight excluding hydrogens is 457 g/mol. The number of rotatable bonds is 5. The predicted molar refractivity (Wildman–Crippen MR) is 117 cm³/mol. The smallest absolute Gasteiger partial charge is 0.369 e. The van der Waals surface area contributed by atoms with Crippen molar-refractivity contribution < 1.29 is 26.4 Å². The molecule has 1 saturated carbocycles. The number of anilines is 1. The van der Waals surface area contributed by atoms with E-state index in [4.69, 9.17) is 5.73 Å². The van der Waals surface area contributed by atoms with E-state index < -0.39 is 38.1 Å². The molecule has 1 aromatic carbocycles. The highest BCUT2D eigenvalue weighted by Gasteiger charge is 2.68. The van der Waals surface area contributed by atoms with E-state index in [1.807, 2.05) is 0 Å². The first kappa shape index (κ1) is 23.0. The molecule has 2 N–H and O–H groups in total. The van der Waals surface area contributed by atoms with Crippen LogP contribution in [0, 0.1) is 6.92 Å². The van der Waals surface area contributed by atoms with E-state index in [9.17, 15) is 26.4 Å². The third-order valence-corrected chi connectivity index (χ3v) is 8.23. The largest absolute Gasteiger partial charge is 0.417 e. The molecule has 0 aliphatic heterocycles. The lowest BCUT2D eigenvalue weighted by Crippen LogP contribution is -2.36. The average Bonchev–Trinajstić information content (AvgIpc) is 3.50. The molecule has 0 radical (unpaired) electrons. The Morgan fingerprint density at radius 2 is 1.91 bits per heavy atom. The third kappa shape index (κ3) is 3.60. The van der Waals surface area contributed by atoms with Crippen LogP contribution in [0.5, 0.6) is 0 Å². The van der Waals surface area contributed by atoms with Gasteiger partial charge in [0.2, 0.25) is 5.91 Å². The van der Waals surface area contributed by atoms with Crippen LogP contribution in [0.1, 0.15) is 23.2 Å². The number of primary amides is 1. The topological polar surface area (TPSA) is 106 Å². The number of alkyl halides is 3. The lowest BCUT2D eigenvalue weighted by atomic mass is 9.94. The highest BCUT2D eigenvalue weighted by Crippen LogP contribution is 2.57. The minimum Gasteiger partial charge on any atom is -0.369 e. The second kappa shape index (κ2) is 7.41. The van der Waals surface area contributed by atoms with E-state index >= 15 is 0 Å². The Morgan fingerprint density at radius 3 is 2.52 bits per heavy atom. The lowest BCUT2D eigenvalue weighted by Gasteiger charge is -2.23. The number of nitrogens with zero attached hydrogens (tertiary/aromatic N) is 3. The molecule has 2 aromatic heterocycles. The van der Waals surface area contributed by atoms with Gasteiger partial charge in [-0.05, 0) is 43.7 Å². The number of hydrogen-bond acceptors (Lipinski definition) is 6. The number of aromatic nitrogens is 2. The molecule has 1 aliphatic carbocycles. The van der Waals surface area contributed by atoms with E-state index in [2.05, 4.69) is 9.97 Å². The Morgan fingerprint density at radius 1 is 1.21 bits per heavy atom. The van der Waals surface area contributed by atoms with Crippen LogP contribution in [-0.2, 0) is 26.2 Å². The summed E-state index contributed by atoms with van der Waals surface area (Å²) in [5.41, 5.74) is 3.72. The summed E-state index contributed by atoms with van der Waals surface area (Å²) in [6.07, 6.45) is -4.32. The van der Waals surface area contributed by atoms with Crippen molar-refractivity contribution >= 4 is 32.5 Å². The van der Waals surface area contributed by atoms with E-state index in [0.29, 0.717) is 22.8 Å². The Kier molecular flexibility index (Phi) is 5.15. The summed E-state index contributed by atoms with van der Waals surface area (Å²) >= 11 is 0. The molecule has 33 heavy (non-hydrogen) atoms. The summed E-state index contributed by atoms with van der Waals surface area (Å²) in [5, 5.41) is -0.971. The summed E-state index contributed by atoms with van der Waals surface area (Å²) < 4.78 is 67.6. The standard InChI is InChI=1S/C22H21F3N4O3S/c1-12-7-8-14-16(28-12)5-4-6-17(14)33(31,32)18-10-21(18,20(26)30)15-9-13(22(23,24)25)11-27-19(15)29(2)3/h4-9,11,18H,10H2,1-3H3,(H2,26,30). The fourth-order valence-electron chi connectivity index (χ4n) is 4.21. The van der Waals surface area contributed by atoms with Crippen LogP contribution >= 0.6 is 0 Å². The zero-order valence-electron chi connectivity index (χ0n) is 18.0. The maximum Gasteiger partial charge on any atom is 0.417 e. The molecule has 1 amide bonds. The highest BCUT2D eigenvalue weighted by atomic mass is 32.2. The Bertz CT molecular complexity index is 1390. The average molecular weight is 478 g/mol. The van der Waals surface area contributed by atoms with Gasteiger partial charge in [-0.25, -0.2) is 13.4 Å². The highest BCUT2D eigenvalue weighted by molar-refractivity contribution is 7.92. The SMILES string of the molecule is Cc1ccc2c(S(=O)(=O)C3CC3(C(N)=O)c3cc(C(F)(F)F)cnc3N(C)C)cccc2n1. The number of aryl methyl sites for hydroxylation is 1. The molecule has 0 bridgehead atoms. The molecule has 174 valence electrons. The molecule has 4 rings (SSSR count). The summed E-state index contributed by atoms with van der Waals surface area (Å²) in [6, 6.07) is 8.66. The minimum atomic E-state index is -4.73. The quantitative estimate of drug-likeness (QED) is 0.604. The second-order valence-corrected chi connectivity index (χ2v) is 10.4. The molecule has 2 unspecified atom stereocenters. The van der Waals surface area contributed by atoms with Crippen LogP contribution in [0.25, 0.3) is 10.9 Å². The number of carbonyl (C=O) groups excluding carboxylic acids is 1. The lowest BCUT2D eigenvalue weighted by molar-refractivity contribution is -0.138. The minimum absolute atomic E-state index is 0.0491. The summed E-state index contributed by atoms with van der Waals surface area (Å²) in [5.74, 6) is -0.968. The number of nitrogens with two attached hydrogens (primary N) is 1. The monoisotopic (exact) mass is 478 g/mol. The molecule has 11 heteroatoms. The van der Waals surface area contributed by atoms with Crippen LogP contribution < -0.4 is 10.6 Å². The first-order valence-corrected chi connectivity index (χ1v) is 11.5. The Balaban J connectivity index is 1.91. The molecule has 2 atom stereocenters. The van der Waals surface area contributed by atoms with Crippen LogP contribution in [-0.4, -0.2) is 43.6 Å². The number of halogens is 3. The normalized spacial score (nSPS) is 20.6. The van der Waals surface area contributed by atoms with Crippen molar-refractivity contribution in [3.8, 4) is 0 Å². The van der Waals surface area contributed by atoms with E-state index in [1.54, 1.807) is 39.2 Å². The van der Waals surface area contributed by atoms with Crippen molar-refractivity contribution in [2.75, 3.05) is 19.0 Å². The molecular formula is C22H21F3N4O3S. The van der Waals surface area contributed by atoms with E-state index in [0.717, 1.165) is 6.07 Å². The van der Waals surface area contributed by atoms with Gasteiger partial charge in [-0.3, -0.25) is 9.78 Å². The van der Waals surface area contributed by atoms with Crippen LogP contribution in [0.4, 0.5) is 19.0 Å². The van der Waals surface area contributed by atoms with Crippen molar-refractivity contribution in [3.05, 3.63) is 59.4 Å². The fourth-order valence-corrected chi connectivity index (χ4v) is 6.52. The van der Waals surface area contributed by atoms with Gasteiger partial charge < -0.3 is 10.6 Å². The van der Waals surface area contributed by atoms with Crippen LogP contribution in [0.15, 0.2) is 47.5 Å². The van der Waals surface area contributed by atoms with Crippen molar-refractivity contribution in [3.63, 3.8) is 0 Å². The number of hydrogen-bond donors (Lipinski definition) is 1. The number of pyridine rings is 2. The zero-order valence-corrected chi connectivity index (χ0v) is 18.8. The van der Waals surface area contributed by atoms with E-state index in [-0.39, 0.29) is 22.7 Å². The zero-order chi connectivity index (χ0) is 24.3. The van der Waals surface area contributed by atoms with Gasteiger partial charge in [0.15, 0.2) is 9.84 Å². The van der Waals surface area contributed by atoms with Gasteiger partial charge in [0.05, 0.1) is 26.6 Å². The number of amides is 1. The van der Waals surface area contributed by atoms with Crippen LogP contribution in [0.3, 0.4) is 0 Å². The molecule has 2 heterocycles. The molecule has 0 spiro atoms. The summed E-state index contributed by atoms with van der Waals surface area (Å²) in [7, 11) is -1.09. The second-order valence-electron chi connectivity index (χ2n) is 8.34. The van der Waals surface area contributed by atoms with Gasteiger partial charge in [-0.15, -0.1) is 0 Å². The first-order valence-electron chi connectivity index (χ1n) is 9.95.